The maximum Gasteiger partial charge on any atom is 0.311 e. The summed E-state index contributed by atoms with van der Waals surface area (Å²) in [5.74, 6) is -0.678. The first-order chi connectivity index (χ1) is 11.3. The minimum Gasteiger partial charge on any atom is -0.361 e. The second kappa shape index (κ2) is 7.49. The van der Waals surface area contributed by atoms with E-state index in [1.807, 2.05) is 18.2 Å². The van der Waals surface area contributed by atoms with Crippen molar-refractivity contribution < 1.29 is 14.1 Å². The lowest BCUT2D eigenvalue weighted by molar-refractivity contribution is -0.145. The highest BCUT2D eigenvalue weighted by Crippen LogP contribution is 2.22. The second-order valence-corrected chi connectivity index (χ2v) is 6.09. The lowest BCUT2D eigenvalue weighted by atomic mass is 10.1. The van der Waals surface area contributed by atoms with Crippen LogP contribution < -0.4 is 5.32 Å². The summed E-state index contributed by atoms with van der Waals surface area (Å²) in [6.45, 7) is 5.60. The molecule has 24 heavy (non-hydrogen) atoms. The molecule has 1 heterocycles. The lowest BCUT2D eigenvalue weighted by Crippen LogP contribution is -2.41. The number of carbonyl (C=O) groups is 2. The van der Waals surface area contributed by atoms with Gasteiger partial charge in [0, 0.05) is 17.6 Å². The Kier molecular flexibility index (Phi) is 5.62. The number of nitrogens with zero attached hydrogens (tertiary/aromatic N) is 2. The maximum absolute atomic E-state index is 12.3. The highest BCUT2D eigenvalue weighted by molar-refractivity contribution is 6.35. The topological polar surface area (TPSA) is 75.4 Å². The summed E-state index contributed by atoms with van der Waals surface area (Å²) in [5.41, 5.74) is 2.27. The van der Waals surface area contributed by atoms with Crippen molar-refractivity contribution in [3.8, 4) is 0 Å². The predicted octanol–water partition coefficient (Wildman–Crippen LogP) is 2.78. The predicted molar refractivity (Wildman–Crippen MR) is 90.5 cm³/mol. The Bertz CT molecular complexity index is 738. The van der Waals surface area contributed by atoms with Crippen molar-refractivity contribution in [3.05, 3.63) is 51.9 Å². The van der Waals surface area contributed by atoms with E-state index in [0.29, 0.717) is 16.5 Å². The number of amides is 2. The lowest BCUT2D eigenvalue weighted by Gasteiger charge is -2.19. The largest absolute Gasteiger partial charge is 0.361 e. The van der Waals surface area contributed by atoms with E-state index in [4.69, 9.17) is 16.1 Å². The summed E-state index contributed by atoms with van der Waals surface area (Å²) in [5, 5.41) is 7.06. The Labute approximate surface area is 145 Å². The van der Waals surface area contributed by atoms with Crippen LogP contribution in [0.15, 0.2) is 28.8 Å². The van der Waals surface area contributed by atoms with Gasteiger partial charge in [-0.15, -0.1) is 0 Å². The monoisotopic (exact) mass is 349 g/mol. The number of nitrogens with one attached hydrogen (secondary N) is 1. The molecule has 6 nitrogen and oxygen atoms in total. The van der Waals surface area contributed by atoms with Crippen molar-refractivity contribution in [1.82, 2.24) is 15.4 Å². The molecule has 1 aromatic heterocycles. The van der Waals surface area contributed by atoms with Crippen LogP contribution in [0.5, 0.6) is 0 Å². The number of hydrogen-bond donors (Lipinski definition) is 1. The van der Waals surface area contributed by atoms with Gasteiger partial charge in [-0.25, -0.2) is 0 Å². The molecule has 0 saturated carbocycles. The summed E-state index contributed by atoms with van der Waals surface area (Å²) in [4.78, 5) is 25.8. The van der Waals surface area contributed by atoms with Gasteiger partial charge in [-0.3, -0.25) is 9.59 Å². The molecular weight excluding hydrogens is 330 g/mol. The molecule has 1 N–H and O–H groups in total. The minimum atomic E-state index is -0.684. The SMILES string of the molecule is Cc1noc(C)c1CN(C)C(=O)C(=O)N[C@H](C)c1ccccc1Cl. The number of likely N-dealkylation sites (N-methyl/N-ethyl adjacent to an activating group) is 1. The summed E-state index contributed by atoms with van der Waals surface area (Å²) in [6.07, 6.45) is 0. The van der Waals surface area contributed by atoms with Gasteiger partial charge in [0.05, 0.1) is 18.3 Å². The third-order valence-electron chi connectivity index (χ3n) is 3.84. The summed E-state index contributed by atoms with van der Waals surface area (Å²) < 4.78 is 5.07. The van der Waals surface area contributed by atoms with E-state index in [9.17, 15) is 9.59 Å². The van der Waals surface area contributed by atoms with Gasteiger partial charge in [0.1, 0.15) is 5.76 Å². The van der Waals surface area contributed by atoms with Gasteiger partial charge >= 0.3 is 11.8 Å². The van der Waals surface area contributed by atoms with Crippen LogP contribution in [0.4, 0.5) is 0 Å². The molecular formula is C17H20ClN3O3. The van der Waals surface area contributed by atoms with Crippen LogP contribution in [0.3, 0.4) is 0 Å². The fourth-order valence-corrected chi connectivity index (χ4v) is 2.67. The van der Waals surface area contributed by atoms with E-state index in [2.05, 4.69) is 10.5 Å². The Morgan fingerprint density at radius 1 is 1.33 bits per heavy atom. The molecule has 0 aliphatic rings. The minimum absolute atomic E-state index is 0.258. The van der Waals surface area contributed by atoms with Crippen molar-refractivity contribution in [2.45, 2.75) is 33.4 Å². The Morgan fingerprint density at radius 3 is 2.58 bits per heavy atom. The summed E-state index contributed by atoms with van der Waals surface area (Å²) in [6, 6.07) is 6.82. The molecule has 0 spiro atoms. The highest BCUT2D eigenvalue weighted by atomic mass is 35.5. The average Bonchev–Trinajstić information content (AvgIpc) is 2.86. The highest BCUT2D eigenvalue weighted by Gasteiger charge is 2.23. The van der Waals surface area contributed by atoms with E-state index >= 15 is 0 Å². The van der Waals surface area contributed by atoms with Crippen LogP contribution >= 0.6 is 11.6 Å². The molecule has 2 amide bonds. The molecule has 0 bridgehead atoms. The number of hydrogen-bond acceptors (Lipinski definition) is 4. The zero-order chi connectivity index (χ0) is 17.9. The molecule has 0 aliphatic heterocycles. The van der Waals surface area contributed by atoms with E-state index in [-0.39, 0.29) is 12.6 Å². The van der Waals surface area contributed by atoms with Gasteiger partial charge in [0.15, 0.2) is 0 Å². The van der Waals surface area contributed by atoms with E-state index in [1.54, 1.807) is 33.9 Å². The van der Waals surface area contributed by atoms with Gasteiger partial charge in [-0.2, -0.15) is 0 Å². The smallest absolute Gasteiger partial charge is 0.311 e. The Morgan fingerprint density at radius 2 is 2.00 bits per heavy atom. The quantitative estimate of drug-likeness (QED) is 0.861. The van der Waals surface area contributed by atoms with Crippen molar-refractivity contribution in [1.29, 1.82) is 0 Å². The molecule has 2 aromatic rings. The molecule has 128 valence electrons. The van der Waals surface area contributed by atoms with Crippen molar-refractivity contribution >= 4 is 23.4 Å². The summed E-state index contributed by atoms with van der Waals surface area (Å²) in [7, 11) is 1.56. The van der Waals surface area contributed by atoms with Crippen LogP contribution in [0.25, 0.3) is 0 Å². The van der Waals surface area contributed by atoms with Gasteiger partial charge in [0.2, 0.25) is 0 Å². The number of carbonyl (C=O) groups excluding carboxylic acids is 2. The van der Waals surface area contributed by atoms with Gasteiger partial charge in [0.25, 0.3) is 0 Å². The molecule has 0 saturated heterocycles. The molecule has 0 unspecified atom stereocenters. The van der Waals surface area contributed by atoms with Crippen LogP contribution in [-0.4, -0.2) is 28.9 Å². The summed E-state index contributed by atoms with van der Waals surface area (Å²) >= 11 is 6.11. The number of benzene rings is 1. The third-order valence-corrected chi connectivity index (χ3v) is 4.18. The van der Waals surface area contributed by atoms with Crippen LogP contribution in [0, 0.1) is 13.8 Å². The number of aromatic nitrogens is 1. The van der Waals surface area contributed by atoms with E-state index in [0.717, 1.165) is 11.1 Å². The number of rotatable bonds is 4. The van der Waals surface area contributed by atoms with E-state index < -0.39 is 11.8 Å². The standard InChI is InChI=1S/C17H20ClN3O3/c1-10(13-7-5-6-8-15(13)18)19-16(22)17(23)21(4)9-14-11(2)20-24-12(14)3/h5-8,10H,9H2,1-4H3,(H,19,22)/t10-/m1/s1. The molecule has 0 radical (unpaired) electrons. The first kappa shape index (κ1) is 18.0. The fraction of sp³-hybridized carbons (Fsp3) is 0.353. The molecule has 0 aliphatic carbocycles. The molecule has 1 aromatic carbocycles. The molecule has 1 atom stereocenters. The average molecular weight is 350 g/mol. The van der Waals surface area contributed by atoms with Crippen molar-refractivity contribution in [2.75, 3.05) is 7.05 Å². The van der Waals surface area contributed by atoms with Crippen LogP contribution in [0.1, 0.15) is 35.5 Å². The zero-order valence-electron chi connectivity index (χ0n) is 14.1. The molecule has 0 fully saturated rings. The first-order valence-electron chi connectivity index (χ1n) is 7.53. The van der Waals surface area contributed by atoms with Gasteiger partial charge in [-0.05, 0) is 32.4 Å². The number of aryl methyl sites for hydroxylation is 2. The van der Waals surface area contributed by atoms with Gasteiger partial charge < -0.3 is 14.7 Å². The normalized spacial score (nSPS) is 11.9. The maximum atomic E-state index is 12.3. The van der Waals surface area contributed by atoms with E-state index in [1.165, 1.54) is 4.90 Å². The Balaban J connectivity index is 2.01. The molecule has 7 heteroatoms. The van der Waals surface area contributed by atoms with Crippen LogP contribution in [-0.2, 0) is 16.1 Å². The van der Waals surface area contributed by atoms with Crippen LogP contribution in [0.2, 0.25) is 5.02 Å². The number of halogens is 1. The fourth-order valence-electron chi connectivity index (χ4n) is 2.37. The van der Waals surface area contributed by atoms with Crippen molar-refractivity contribution in [2.24, 2.45) is 0 Å². The molecule has 2 rings (SSSR count). The second-order valence-electron chi connectivity index (χ2n) is 5.68. The Hall–Kier alpha value is -2.34. The first-order valence-corrected chi connectivity index (χ1v) is 7.91. The zero-order valence-corrected chi connectivity index (χ0v) is 14.8. The third kappa shape index (κ3) is 3.94. The van der Waals surface area contributed by atoms with Gasteiger partial charge in [-0.1, -0.05) is 35.0 Å². The van der Waals surface area contributed by atoms with Crippen molar-refractivity contribution in [3.63, 3.8) is 0 Å².